The number of nitrogens with one attached hydrogen (secondary N) is 1. The average Bonchev–Trinajstić information content (AvgIpc) is 2.49. The molecule has 0 unspecified atom stereocenters. The van der Waals surface area contributed by atoms with Gasteiger partial charge in [-0.25, -0.2) is 0 Å². The first-order valence-corrected chi connectivity index (χ1v) is 4.09. The van der Waals surface area contributed by atoms with E-state index >= 15 is 0 Å². The van der Waals surface area contributed by atoms with Gasteiger partial charge < -0.3 is 5.73 Å². The molecule has 0 bridgehead atoms. The minimum Gasteiger partial charge on any atom is -0.388 e. The third-order valence-corrected chi connectivity index (χ3v) is 1.64. The third-order valence-electron chi connectivity index (χ3n) is 1.64. The lowest BCUT2D eigenvalue weighted by molar-refractivity contribution is 0.563. The molecule has 0 amide bonds. The van der Waals surface area contributed by atoms with Gasteiger partial charge in [-0.05, 0) is 18.9 Å². The zero-order valence-electron chi connectivity index (χ0n) is 7.03. The Morgan fingerprint density at radius 2 is 2.33 bits per heavy atom. The van der Waals surface area contributed by atoms with E-state index in [4.69, 9.17) is 11.1 Å². The predicted octanol–water partition coefficient (Wildman–Crippen LogP) is 0.989. The summed E-state index contributed by atoms with van der Waals surface area (Å²) in [5.74, 6) is 0.274. The SMILES string of the molecule is N=C(N)CCCCn1cccn1. The Morgan fingerprint density at radius 3 is 2.92 bits per heavy atom. The smallest absolute Gasteiger partial charge is 0.0905 e. The number of nitrogens with two attached hydrogens (primary N) is 1. The Hall–Kier alpha value is -1.32. The molecular weight excluding hydrogens is 152 g/mol. The number of hydrogen-bond acceptors (Lipinski definition) is 2. The van der Waals surface area contributed by atoms with E-state index in [0.717, 1.165) is 19.4 Å². The molecule has 3 N–H and O–H groups in total. The summed E-state index contributed by atoms with van der Waals surface area (Å²) in [5.41, 5.74) is 5.21. The van der Waals surface area contributed by atoms with E-state index in [0.29, 0.717) is 6.42 Å². The molecule has 66 valence electrons. The van der Waals surface area contributed by atoms with Crippen LogP contribution in [0.25, 0.3) is 0 Å². The molecule has 0 aliphatic heterocycles. The summed E-state index contributed by atoms with van der Waals surface area (Å²) in [6.07, 6.45) is 6.40. The van der Waals surface area contributed by atoms with Crippen LogP contribution in [-0.4, -0.2) is 15.6 Å². The van der Waals surface area contributed by atoms with Crippen molar-refractivity contribution in [2.45, 2.75) is 25.8 Å². The monoisotopic (exact) mass is 166 g/mol. The minimum absolute atomic E-state index is 0.274. The summed E-state index contributed by atoms with van der Waals surface area (Å²) in [4.78, 5) is 0. The van der Waals surface area contributed by atoms with Crippen molar-refractivity contribution >= 4 is 5.84 Å². The van der Waals surface area contributed by atoms with Crippen LogP contribution in [0.1, 0.15) is 19.3 Å². The highest BCUT2D eigenvalue weighted by molar-refractivity contribution is 5.76. The van der Waals surface area contributed by atoms with Crippen molar-refractivity contribution in [3.05, 3.63) is 18.5 Å². The number of aromatic nitrogens is 2. The van der Waals surface area contributed by atoms with Gasteiger partial charge in [-0.1, -0.05) is 0 Å². The van der Waals surface area contributed by atoms with E-state index in [2.05, 4.69) is 5.10 Å². The molecule has 0 saturated carbocycles. The lowest BCUT2D eigenvalue weighted by atomic mass is 10.2. The highest BCUT2D eigenvalue weighted by Gasteiger charge is 1.92. The second-order valence-corrected chi connectivity index (χ2v) is 2.75. The Morgan fingerprint density at radius 1 is 1.50 bits per heavy atom. The van der Waals surface area contributed by atoms with E-state index < -0.39 is 0 Å². The predicted molar refractivity (Wildman–Crippen MR) is 48.0 cm³/mol. The first-order valence-electron chi connectivity index (χ1n) is 4.09. The number of unbranched alkanes of at least 4 members (excludes halogenated alkanes) is 1. The molecule has 0 radical (unpaired) electrons. The summed E-state index contributed by atoms with van der Waals surface area (Å²) in [6, 6.07) is 1.91. The third kappa shape index (κ3) is 3.18. The summed E-state index contributed by atoms with van der Waals surface area (Å²) in [5, 5.41) is 11.1. The molecule has 0 fully saturated rings. The molecule has 1 heterocycles. The molecule has 0 aliphatic rings. The molecule has 0 spiro atoms. The van der Waals surface area contributed by atoms with Crippen molar-refractivity contribution in [3.63, 3.8) is 0 Å². The Balaban J connectivity index is 2.07. The van der Waals surface area contributed by atoms with Crippen molar-refractivity contribution in [2.24, 2.45) is 5.73 Å². The molecule has 0 saturated heterocycles. The molecule has 1 aromatic heterocycles. The second kappa shape index (κ2) is 4.54. The normalized spacial score (nSPS) is 10.0. The van der Waals surface area contributed by atoms with E-state index in [1.54, 1.807) is 6.20 Å². The van der Waals surface area contributed by atoms with Crippen molar-refractivity contribution < 1.29 is 0 Å². The standard InChI is InChI=1S/C8H14N4/c9-8(10)4-1-2-6-12-7-3-5-11-12/h3,5,7H,1-2,4,6H2,(H3,9,10). The van der Waals surface area contributed by atoms with Crippen molar-refractivity contribution in [3.8, 4) is 0 Å². The van der Waals surface area contributed by atoms with Gasteiger partial charge in [0.1, 0.15) is 0 Å². The zero-order valence-corrected chi connectivity index (χ0v) is 7.03. The fraction of sp³-hybridized carbons (Fsp3) is 0.500. The highest BCUT2D eigenvalue weighted by atomic mass is 15.3. The minimum atomic E-state index is 0.274. The fourth-order valence-electron chi connectivity index (χ4n) is 1.02. The lowest BCUT2D eigenvalue weighted by Crippen LogP contribution is -2.09. The lowest BCUT2D eigenvalue weighted by Gasteiger charge is -2.00. The van der Waals surface area contributed by atoms with Crippen LogP contribution in [0.2, 0.25) is 0 Å². The van der Waals surface area contributed by atoms with Crippen LogP contribution in [0.5, 0.6) is 0 Å². The highest BCUT2D eigenvalue weighted by Crippen LogP contribution is 1.97. The van der Waals surface area contributed by atoms with Crippen molar-refractivity contribution in [2.75, 3.05) is 0 Å². The van der Waals surface area contributed by atoms with Gasteiger partial charge in [0, 0.05) is 25.4 Å². The van der Waals surface area contributed by atoms with Gasteiger partial charge in [0.25, 0.3) is 0 Å². The molecule has 0 aliphatic carbocycles. The maximum absolute atomic E-state index is 7.00. The Bertz CT molecular complexity index is 227. The summed E-state index contributed by atoms with van der Waals surface area (Å²) in [6.45, 7) is 0.917. The number of aryl methyl sites for hydroxylation is 1. The van der Waals surface area contributed by atoms with E-state index in [9.17, 15) is 0 Å². The van der Waals surface area contributed by atoms with Crippen LogP contribution < -0.4 is 5.73 Å². The number of nitrogens with zero attached hydrogens (tertiary/aromatic N) is 2. The van der Waals surface area contributed by atoms with Gasteiger partial charge in [-0.3, -0.25) is 10.1 Å². The zero-order chi connectivity index (χ0) is 8.81. The van der Waals surface area contributed by atoms with E-state index in [-0.39, 0.29) is 5.84 Å². The van der Waals surface area contributed by atoms with Crippen LogP contribution in [0, 0.1) is 5.41 Å². The van der Waals surface area contributed by atoms with E-state index in [1.165, 1.54) is 0 Å². The summed E-state index contributed by atoms with van der Waals surface area (Å²) in [7, 11) is 0. The van der Waals surface area contributed by atoms with Crippen LogP contribution >= 0.6 is 0 Å². The van der Waals surface area contributed by atoms with Crippen molar-refractivity contribution in [1.82, 2.24) is 9.78 Å². The van der Waals surface area contributed by atoms with Gasteiger partial charge in [0.15, 0.2) is 0 Å². The Kier molecular flexibility index (Phi) is 3.32. The molecule has 0 aromatic carbocycles. The van der Waals surface area contributed by atoms with Crippen molar-refractivity contribution in [1.29, 1.82) is 5.41 Å². The van der Waals surface area contributed by atoms with Crippen LogP contribution in [0.4, 0.5) is 0 Å². The number of rotatable bonds is 5. The van der Waals surface area contributed by atoms with Crippen LogP contribution in [-0.2, 0) is 6.54 Å². The van der Waals surface area contributed by atoms with Gasteiger partial charge in [-0.2, -0.15) is 5.10 Å². The largest absolute Gasteiger partial charge is 0.388 e. The first-order chi connectivity index (χ1) is 5.79. The summed E-state index contributed by atoms with van der Waals surface area (Å²) < 4.78 is 1.89. The van der Waals surface area contributed by atoms with Gasteiger partial charge in [0.2, 0.25) is 0 Å². The van der Waals surface area contributed by atoms with Crippen LogP contribution in [0.15, 0.2) is 18.5 Å². The van der Waals surface area contributed by atoms with Crippen LogP contribution in [0.3, 0.4) is 0 Å². The number of hydrogen-bond donors (Lipinski definition) is 2. The molecule has 1 aromatic rings. The van der Waals surface area contributed by atoms with Gasteiger partial charge in [-0.15, -0.1) is 0 Å². The molecular formula is C8H14N4. The first kappa shape index (κ1) is 8.77. The molecule has 12 heavy (non-hydrogen) atoms. The topological polar surface area (TPSA) is 67.7 Å². The van der Waals surface area contributed by atoms with E-state index in [1.807, 2.05) is 16.9 Å². The number of amidine groups is 1. The summed E-state index contributed by atoms with van der Waals surface area (Å²) >= 11 is 0. The maximum Gasteiger partial charge on any atom is 0.0905 e. The second-order valence-electron chi connectivity index (χ2n) is 2.75. The molecule has 4 nitrogen and oxygen atoms in total. The molecule has 1 rings (SSSR count). The average molecular weight is 166 g/mol. The quantitative estimate of drug-likeness (QED) is 0.389. The Labute approximate surface area is 71.9 Å². The molecule has 4 heteroatoms. The van der Waals surface area contributed by atoms with Gasteiger partial charge >= 0.3 is 0 Å². The maximum atomic E-state index is 7.00. The van der Waals surface area contributed by atoms with Gasteiger partial charge in [0.05, 0.1) is 5.84 Å². The fourth-order valence-corrected chi connectivity index (χ4v) is 1.02. The molecule has 0 atom stereocenters.